The third-order valence-corrected chi connectivity index (χ3v) is 5.69. The minimum absolute atomic E-state index is 0.0272. The van der Waals surface area contributed by atoms with E-state index in [0.29, 0.717) is 12.7 Å². The molecule has 4 rings (SSSR count). The Labute approximate surface area is 150 Å². The summed E-state index contributed by atoms with van der Waals surface area (Å²) in [6.07, 6.45) is 6.82. The van der Waals surface area contributed by atoms with Crippen molar-refractivity contribution in [1.82, 2.24) is 4.90 Å². The van der Waals surface area contributed by atoms with E-state index in [0.717, 1.165) is 63.4 Å². The average Bonchev–Trinajstić information content (AvgIpc) is 3.05. The summed E-state index contributed by atoms with van der Waals surface area (Å²) in [6.45, 7) is 9.24. The molecule has 1 saturated heterocycles. The summed E-state index contributed by atoms with van der Waals surface area (Å²) in [7, 11) is 0. The molecule has 0 radical (unpaired) electrons. The van der Waals surface area contributed by atoms with E-state index >= 15 is 0 Å². The first-order chi connectivity index (χ1) is 12.1. The quantitative estimate of drug-likeness (QED) is 0.778. The third kappa shape index (κ3) is 3.85. The minimum atomic E-state index is 0.0272. The van der Waals surface area contributed by atoms with E-state index in [2.05, 4.69) is 37.0 Å². The predicted octanol–water partition coefficient (Wildman–Crippen LogP) is 3.80. The summed E-state index contributed by atoms with van der Waals surface area (Å²) in [5, 5.41) is 0. The maximum Gasteiger partial charge on any atom is 0.231 e. The van der Waals surface area contributed by atoms with E-state index in [9.17, 15) is 0 Å². The van der Waals surface area contributed by atoms with Crippen LogP contribution >= 0.6 is 0 Å². The molecule has 1 aromatic rings. The molecule has 3 heterocycles. The lowest BCUT2D eigenvalue weighted by Gasteiger charge is -2.42. The summed E-state index contributed by atoms with van der Waals surface area (Å²) in [5.74, 6) is 2.38. The van der Waals surface area contributed by atoms with Crippen molar-refractivity contribution in [2.24, 2.45) is 5.92 Å². The second-order valence-electron chi connectivity index (χ2n) is 7.95. The highest BCUT2D eigenvalue weighted by atomic mass is 16.7. The molecule has 0 amide bonds. The number of piperidine rings is 1. The van der Waals surface area contributed by atoms with Gasteiger partial charge in [0.1, 0.15) is 0 Å². The Hall–Kier alpha value is -1.52. The van der Waals surface area contributed by atoms with Crippen LogP contribution in [0.15, 0.2) is 29.8 Å². The van der Waals surface area contributed by atoms with Crippen LogP contribution in [0.25, 0.3) is 0 Å². The van der Waals surface area contributed by atoms with Gasteiger partial charge < -0.3 is 19.1 Å². The van der Waals surface area contributed by atoms with E-state index in [4.69, 9.17) is 14.2 Å². The van der Waals surface area contributed by atoms with E-state index in [1.165, 1.54) is 11.1 Å². The van der Waals surface area contributed by atoms with Gasteiger partial charge in [0.25, 0.3) is 0 Å². The summed E-state index contributed by atoms with van der Waals surface area (Å²) in [5.41, 5.74) is 2.86. The maximum absolute atomic E-state index is 6.14. The highest BCUT2D eigenvalue weighted by Gasteiger charge is 2.35. The molecule has 1 unspecified atom stereocenters. The van der Waals surface area contributed by atoms with Crippen LogP contribution in [-0.2, 0) is 11.2 Å². The number of benzene rings is 1. The van der Waals surface area contributed by atoms with Gasteiger partial charge in [0, 0.05) is 19.6 Å². The Kier molecular flexibility index (Phi) is 4.74. The molecule has 0 aromatic heterocycles. The van der Waals surface area contributed by atoms with Crippen molar-refractivity contribution in [3.63, 3.8) is 0 Å². The van der Waals surface area contributed by atoms with E-state index in [-0.39, 0.29) is 5.60 Å². The van der Waals surface area contributed by atoms with Crippen molar-refractivity contribution in [3.05, 3.63) is 35.4 Å². The summed E-state index contributed by atoms with van der Waals surface area (Å²) in [6, 6.07) is 6.33. The van der Waals surface area contributed by atoms with Gasteiger partial charge in [-0.2, -0.15) is 0 Å². The molecule has 4 nitrogen and oxygen atoms in total. The standard InChI is InChI=1S/C21H29NO3/c1-16-5-10-25-21(13-16)6-8-22(9-7-21)14-17(2)11-18-3-4-19-20(12-18)24-15-23-19/h3-4,12-13,17H,5-11,14-15H2,1-2H3. The maximum atomic E-state index is 6.14. The zero-order valence-electron chi connectivity index (χ0n) is 15.4. The van der Waals surface area contributed by atoms with Crippen LogP contribution < -0.4 is 9.47 Å². The fraction of sp³-hybridized carbons (Fsp3) is 0.619. The number of rotatable bonds is 4. The average molecular weight is 343 g/mol. The van der Waals surface area contributed by atoms with Crippen LogP contribution in [0.4, 0.5) is 0 Å². The number of hydrogen-bond donors (Lipinski definition) is 0. The van der Waals surface area contributed by atoms with Crippen molar-refractivity contribution in [3.8, 4) is 11.5 Å². The fourth-order valence-corrected chi connectivity index (χ4v) is 4.36. The first-order valence-corrected chi connectivity index (χ1v) is 9.55. The van der Waals surface area contributed by atoms with Crippen LogP contribution in [0.3, 0.4) is 0 Å². The number of hydrogen-bond acceptors (Lipinski definition) is 4. The number of ether oxygens (including phenoxy) is 3. The van der Waals surface area contributed by atoms with E-state index in [1.54, 1.807) is 0 Å². The lowest BCUT2D eigenvalue weighted by Crippen LogP contribution is -2.47. The van der Waals surface area contributed by atoms with Gasteiger partial charge in [0.2, 0.25) is 6.79 Å². The molecular formula is C21H29NO3. The van der Waals surface area contributed by atoms with Crippen LogP contribution in [0.2, 0.25) is 0 Å². The SMILES string of the molecule is CC1=CC2(CCN(CC(C)Cc3ccc4c(c3)OCO4)CC2)OCC1. The van der Waals surface area contributed by atoms with Crippen LogP contribution in [0.1, 0.15) is 38.7 Å². The monoisotopic (exact) mass is 343 g/mol. The summed E-state index contributed by atoms with van der Waals surface area (Å²) >= 11 is 0. The van der Waals surface area contributed by atoms with Crippen LogP contribution in [0, 0.1) is 5.92 Å². The molecule has 0 bridgehead atoms. The van der Waals surface area contributed by atoms with Crippen LogP contribution in [-0.4, -0.2) is 43.5 Å². The number of nitrogens with zero attached hydrogens (tertiary/aromatic N) is 1. The normalized spacial score (nSPS) is 23.5. The zero-order chi connectivity index (χ0) is 17.3. The molecule has 0 N–H and O–H groups in total. The molecule has 1 spiro atoms. The molecular weight excluding hydrogens is 314 g/mol. The van der Waals surface area contributed by atoms with Gasteiger partial charge >= 0.3 is 0 Å². The van der Waals surface area contributed by atoms with Gasteiger partial charge in [-0.15, -0.1) is 0 Å². The van der Waals surface area contributed by atoms with Crippen LogP contribution in [0.5, 0.6) is 11.5 Å². The van der Waals surface area contributed by atoms with Crippen molar-refractivity contribution in [2.45, 2.75) is 45.1 Å². The molecule has 3 aliphatic rings. The zero-order valence-corrected chi connectivity index (χ0v) is 15.4. The molecule has 1 fully saturated rings. The number of fused-ring (bicyclic) bond motifs is 1. The smallest absolute Gasteiger partial charge is 0.231 e. The molecule has 0 saturated carbocycles. The molecule has 25 heavy (non-hydrogen) atoms. The van der Waals surface area contributed by atoms with Gasteiger partial charge in [0.15, 0.2) is 11.5 Å². The van der Waals surface area contributed by atoms with Crippen molar-refractivity contribution in [2.75, 3.05) is 33.0 Å². The summed E-state index contributed by atoms with van der Waals surface area (Å²) < 4.78 is 17.0. The van der Waals surface area contributed by atoms with Crippen molar-refractivity contribution >= 4 is 0 Å². The second kappa shape index (κ2) is 7.00. The van der Waals surface area contributed by atoms with Gasteiger partial charge in [-0.1, -0.05) is 24.6 Å². The molecule has 4 heteroatoms. The molecule has 136 valence electrons. The topological polar surface area (TPSA) is 30.9 Å². The van der Waals surface area contributed by atoms with Gasteiger partial charge in [0.05, 0.1) is 12.2 Å². The Morgan fingerprint density at radius 1 is 1.16 bits per heavy atom. The second-order valence-corrected chi connectivity index (χ2v) is 7.95. The summed E-state index contributed by atoms with van der Waals surface area (Å²) in [4.78, 5) is 2.60. The van der Waals surface area contributed by atoms with Crippen molar-refractivity contribution in [1.29, 1.82) is 0 Å². The molecule has 1 aromatic carbocycles. The van der Waals surface area contributed by atoms with Gasteiger partial charge in [-0.3, -0.25) is 0 Å². The third-order valence-electron chi connectivity index (χ3n) is 5.69. The molecule has 3 aliphatic heterocycles. The van der Waals surface area contributed by atoms with Crippen molar-refractivity contribution < 1.29 is 14.2 Å². The number of likely N-dealkylation sites (tertiary alicyclic amines) is 1. The lowest BCUT2D eigenvalue weighted by molar-refractivity contribution is -0.0579. The molecule has 0 aliphatic carbocycles. The first kappa shape index (κ1) is 16.9. The predicted molar refractivity (Wildman–Crippen MR) is 98.2 cm³/mol. The Bertz CT molecular complexity index is 647. The van der Waals surface area contributed by atoms with E-state index in [1.807, 2.05) is 6.07 Å². The Morgan fingerprint density at radius 2 is 1.96 bits per heavy atom. The Balaban J connectivity index is 1.29. The lowest BCUT2D eigenvalue weighted by atomic mass is 9.86. The minimum Gasteiger partial charge on any atom is -0.454 e. The van der Waals surface area contributed by atoms with Gasteiger partial charge in [-0.05, 0) is 56.2 Å². The fourth-order valence-electron chi connectivity index (χ4n) is 4.36. The largest absolute Gasteiger partial charge is 0.454 e. The van der Waals surface area contributed by atoms with Gasteiger partial charge in [-0.25, -0.2) is 0 Å². The highest BCUT2D eigenvalue weighted by molar-refractivity contribution is 5.44. The van der Waals surface area contributed by atoms with E-state index < -0.39 is 0 Å². The molecule has 1 atom stereocenters. The first-order valence-electron chi connectivity index (χ1n) is 9.55. The highest BCUT2D eigenvalue weighted by Crippen LogP contribution is 2.34. The Morgan fingerprint density at radius 3 is 2.76 bits per heavy atom.